The van der Waals surface area contributed by atoms with Crippen molar-refractivity contribution >= 4 is 21.6 Å². The quantitative estimate of drug-likeness (QED) is 0.528. The van der Waals surface area contributed by atoms with E-state index >= 15 is 0 Å². The van der Waals surface area contributed by atoms with Crippen LogP contribution in [0.4, 0.5) is 5.69 Å². The van der Waals surface area contributed by atoms with Gasteiger partial charge in [-0.2, -0.15) is 0 Å². The Bertz CT molecular complexity index is 564. The molecule has 1 aliphatic rings. The van der Waals surface area contributed by atoms with E-state index in [2.05, 4.69) is 51.7 Å². The van der Waals surface area contributed by atoms with Gasteiger partial charge in [-0.1, -0.05) is 28.1 Å². The zero-order chi connectivity index (χ0) is 11.1. The van der Waals surface area contributed by atoms with Gasteiger partial charge in [-0.3, -0.25) is 5.84 Å². The molecule has 3 rings (SSSR count). The van der Waals surface area contributed by atoms with Crippen LogP contribution in [-0.2, 0) is 6.42 Å². The van der Waals surface area contributed by atoms with Crippen molar-refractivity contribution < 1.29 is 0 Å². The normalized spacial score (nSPS) is 12.1. The van der Waals surface area contributed by atoms with Gasteiger partial charge in [0.1, 0.15) is 0 Å². The van der Waals surface area contributed by atoms with Crippen LogP contribution in [0.3, 0.4) is 0 Å². The van der Waals surface area contributed by atoms with Gasteiger partial charge in [0.25, 0.3) is 0 Å². The summed E-state index contributed by atoms with van der Waals surface area (Å²) in [6.07, 6.45) is 0.986. The molecule has 2 aromatic rings. The third-order valence-corrected chi connectivity index (χ3v) is 3.50. The van der Waals surface area contributed by atoms with Crippen LogP contribution in [0.15, 0.2) is 40.9 Å². The second kappa shape index (κ2) is 3.61. The standard InChI is InChI=1S/C13H11BrN2/c14-10-1-3-12-8(6-10)5-9-7-11(16-15)2-4-13(9)12/h1-4,6-7,16H,5,15H2. The number of fused-ring (bicyclic) bond motifs is 3. The number of hydrogen-bond donors (Lipinski definition) is 2. The van der Waals surface area contributed by atoms with Crippen LogP contribution in [0.25, 0.3) is 11.1 Å². The smallest absolute Gasteiger partial charge is 0.0488 e. The molecule has 0 spiro atoms. The average Bonchev–Trinajstić information content (AvgIpc) is 2.64. The Hall–Kier alpha value is -1.32. The van der Waals surface area contributed by atoms with Crippen molar-refractivity contribution in [3.63, 3.8) is 0 Å². The van der Waals surface area contributed by atoms with Gasteiger partial charge in [-0.15, -0.1) is 0 Å². The van der Waals surface area contributed by atoms with E-state index < -0.39 is 0 Å². The number of nitrogen functional groups attached to an aromatic ring is 1. The van der Waals surface area contributed by atoms with Crippen molar-refractivity contribution in [2.45, 2.75) is 6.42 Å². The number of nitrogens with two attached hydrogens (primary N) is 1. The first-order valence-electron chi connectivity index (χ1n) is 5.16. The molecule has 2 nitrogen and oxygen atoms in total. The van der Waals surface area contributed by atoms with E-state index in [9.17, 15) is 0 Å². The zero-order valence-electron chi connectivity index (χ0n) is 8.63. The Labute approximate surface area is 103 Å². The van der Waals surface area contributed by atoms with Crippen LogP contribution >= 0.6 is 15.9 Å². The van der Waals surface area contributed by atoms with E-state index in [1.807, 2.05) is 6.07 Å². The first-order chi connectivity index (χ1) is 7.78. The van der Waals surface area contributed by atoms with Gasteiger partial charge in [0.05, 0.1) is 0 Å². The number of hydrogen-bond acceptors (Lipinski definition) is 2. The van der Waals surface area contributed by atoms with Gasteiger partial charge in [0.15, 0.2) is 0 Å². The Balaban J connectivity index is 2.16. The maximum atomic E-state index is 5.42. The highest BCUT2D eigenvalue weighted by Gasteiger charge is 2.18. The molecule has 3 N–H and O–H groups in total. The number of rotatable bonds is 1. The van der Waals surface area contributed by atoms with Crippen molar-refractivity contribution in [2.24, 2.45) is 5.84 Å². The monoisotopic (exact) mass is 274 g/mol. The summed E-state index contributed by atoms with van der Waals surface area (Å²) < 4.78 is 1.14. The fourth-order valence-electron chi connectivity index (χ4n) is 2.27. The number of benzene rings is 2. The molecular weight excluding hydrogens is 264 g/mol. The molecule has 2 aromatic carbocycles. The van der Waals surface area contributed by atoms with Crippen LogP contribution in [0.1, 0.15) is 11.1 Å². The number of halogens is 1. The summed E-state index contributed by atoms with van der Waals surface area (Å²) in [4.78, 5) is 0. The highest BCUT2D eigenvalue weighted by molar-refractivity contribution is 9.10. The van der Waals surface area contributed by atoms with Crippen molar-refractivity contribution in [2.75, 3.05) is 5.43 Å². The van der Waals surface area contributed by atoms with E-state index in [0.29, 0.717) is 0 Å². The largest absolute Gasteiger partial charge is 0.324 e. The summed E-state index contributed by atoms with van der Waals surface area (Å²) in [5, 5.41) is 0. The zero-order valence-corrected chi connectivity index (χ0v) is 10.2. The summed E-state index contributed by atoms with van der Waals surface area (Å²) in [6.45, 7) is 0. The van der Waals surface area contributed by atoms with Crippen LogP contribution < -0.4 is 11.3 Å². The van der Waals surface area contributed by atoms with Gasteiger partial charge in [0, 0.05) is 10.2 Å². The Morgan fingerprint density at radius 1 is 1.00 bits per heavy atom. The second-order valence-corrected chi connectivity index (χ2v) is 4.91. The summed E-state index contributed by atoms with van der Waals surface area (Å²) in [5.41, 5.74) is 9.02. The minimum atomic E-state index is 0.964. The third kappa shape index (κ3) is 1.44. The SMILES string of the molecule is NNc1ccc2c(c1)Cc1cc(Br)ccc1-2. The maximum Gasteiger partial charge on any atom is 0.0488 e. The first kappa shape index (κ1) is 9.87. The van der Waals surface area contributed by atoms with Crippen molar-refractivity contribution in [1.82, 2.24) is 0 Å². The molecular formula is C13H11BrN2. The van der Waals surface area contributed by atoms with E-state index in [1.54, 1.807) is 0 Å². The van der Waals surface area contributed by atoms with E-state index in [1.165, 1.54) is 22.3 Å². The molecule has 80 valence electrons. The summed E-state index contributed by atoms with van der Waals surface area (Å²) in [6, 6.07) is 12.7. The molecule has 1 aliphatic carbocycles. The van der Waals surface area contributed by atoms with E-state index in [4.69, 9.17) is 5.84 Å². The summed E-state index contributed by atoms with van der Waals surface area (Å²) in [7, 11) is 0. The molecule has 0 unspecified atom stereocenters. The molecule has 0 amide bonds. The molecule has 0 bridgehead atoms. The van der Waals surface area contributed by atoms with Crippen LogP contribution in [0.2, 0.25) is 0 Å². The number of hydrazine groups is 1. The molecule has 16 heavy (non-hydrogen) atoms. The van der Waals surface area contributed by atoms with Crippen LogP contribution in [-0.4, -0.2) is 0 Å². The molecule has 0 saturated heterocycles. The predicted molar refractivity (Wildman–Crippen MR) is 70.2 cm³/mol. The van der Waals surface area contributed by atoms with E-state index in [0.717, 1.165) is 16.6 Å². The molecule has 0 fully saturated rings. The van der Waals surface area contributed by atoms with Gasteiger partial charge < -0.3 is 5.43 Å². The van der Waals surface area contributed by atoms with Crippen molar-refractivity contribution in [3.8, 4) is 11.1 Å². The molecule has 3 heteroatoms. The highest BCUT2D eigenvalue weighted by Crippen LogP contribution is 2.38. The third-order valence-electron chi connectivity index (χ3n) is 3.01. The number of nitrogens with one attached hydrogen (secondary N) is 1. The van der Waals surface area contributed by atoms with Crippen LogP contribution in [0, 0.1) is 0 Å². The van der Waals surface area contributed by atoms with Gasteiger partial charge in [0.2, 0.25) is 0 Å². The molecule has 0 saturated carbocycles. The molecule has 0 aromatic heterocycles. The first-order valence-corrected chi connectivity index (χ1v) is 5.95. The second-order valence-electron chi connectivity index (χ2n) is 3.99. The lowest BCUT2D eigenvalue weighted by Crippen LogP contribution is -2.06. The molecule has 0 radical (unpaired) electrons. The van der Waals surface area contributed by atoms with Gasteiger partial charge >= 0.3 is 0 Å². The maximum absolute atomic E-state index is 5.42. The number of anilines is 1. The predicted octanol–water partition coefficient (Wildman–Crippen LogP) is 3.31. The molecule has 0 atom stereocenters. The van der Waals surface area contributed by atoms with E-state index in [-0.39, 0.29) is 0 Å². The molecule has 0 heterocycles. The lowest BCUT2D eigenvalue weighted by molar-refractivity contribution is 1.25. The summed E-state index contributed by atoms with van der Waals surface area (Å²) >= 11 is 3.51. The van der Waals surface area contributed by atoms with Crippen molar-refractivity contribution in [1.29, 1.82) is 0 Å². The minimum Gasteiger partial charge on any atom is -0.324 e. The lowest BCUT2D eigenvalue weighted by atomic mass is 10.1. The van der Waals surface area contributed by atoms with Crippen molar-refractivity contribution in [3.05, 3.63) is 52.0 Å². The topological polar surface area (TPSA) is 38.0 Å². The molecule has 0 aliphatic heterocycles. The lowest BCUT2D eigenvalue weighted by Gasteiger charge is -2.04. The summed E-state index contributed by atoms with van der Waals surface area (Å²) in [5.74, 6) is 5.42. The average molecular weight is 275 g/mol. The minimum absolute atomic E-state index is 0.964. The fourth-order valence-corrected chi connectivity index (χ4v) is 2.68. The Morgan fingerprint density at radius 3 is 2.44 bits per heavy atom. The van der Waals surface area contributed by atoms with Gasteiger partial charge in [-0.05, 0) is 52.9 Å². The Morgan fingerprint density at radius 2 is 1.69 bits per heavy atom. The van der Waals surface area contributed by atoms with Crippen LogP contribution in [0.5, 0.6) is 0 Å². The van der Waals surface area contributed by atoms with Gasteiger partial charge in [-0.25, -0.2) is 0 Å². The highest BCUT2D eigenvalue weighted by atomic mass is 79.9. The fraction of sp³-hybridized carbons (Fsp3) is 0.0769. The Kier molecular flexibility index (Phi) is 2.23.